The highest BCUT2D eigenvalue weighted by Crippen LogP contribution is 2.41. The van der Waals surface area contributed by atoms with Crippen LogP contribution in [0.25, 0.3) is 0 Å². The molecule has 1 unspecified atom stereocenters. The van der Waals surface area contributed by atoms with Crippen LogP contribution in [0.5, 0.6) is 0 Å². The number of rotatable bonds is 3. The van der Waals surface area contributed by atoms with Crippen molar-refractivity contribution < 1.29 is 8.78 Å². The minimum atomic E-state index is -2.46. The van der Waals surface area contributed by atoms with Crippen LogP contribution >= 0.6 is 11.6 Å². The van der Waals surface area contributed by atoms with E-state index in [9.17, 15) is 8.78 Å². The van der Waals surface area contributed by atoms with Gasteiger partial charge in [-0.15, -0.1) is 0 Å². The highest BCUT2D eigenvalue weighted by atomic mass is 35.5. The van der Waals surface area contributed by atoms with Crippen molar-refractivity contribution in [2.45, 2.75) is 37.6 Å². The standard InChI is InChI=1S/C14H18ClF2N/c1-18-13(10-2-4-12(15)5-3-10)11-6-8-14(16,17)9-7-11/h2-5,11,13,18H,6-9H2,1H3. The molecule has 100 valence electrons. The van der Waals surface area contributed by atoms with Crippen molar-refractivity contribution >= 4 is 11.6 Å². The Morgan fingerprint density at radius 1 is 1.22 bits per heavy atom. The topological polar surface area (TPSA) is 12.0 Å². The average Bonchev–Trinajstić information content (AvgIpc) is 2.34. The first kappa shape index (κ1) is 13.8. The van der Waals surface area contributed by atoms with Gasteiger partial charge in [0.05, 0.1) is 0 Å². The van der Waals surface area contributed by atoms with Crippen molar-refractivity contribution in [3.05, 3.63) is 34.9 Å². The summed E-state index contributed by atoms with van der Waals surface area (Å²) in [4.78, 5) is 0. The molecule has 1 N–H and O–H groups in total. The maximum atomic E-state index is 13.2. The summed E-state index contributed by atoms with van der Waals surface area (Å²) in [5.41, 5.74) is 1.12. The molecule has 0 spiro atoms. The minimum absolute atomic E-state index is 0.00341. The maximum absolute atomic E-state index is 13.2. The van der Waals surface area contributed by atoms with E-state index >= 15 is 0 Å². The number of alkyl halides is 2. The summed E-state index contributed by atoms with van der Waals surface area (Å²) in [5.74, 6) is -2.19. The Morgan fingerprint density at radius 2 is 1.78 bits per heavy atom. The molecule has 0 bridgehead atoms. The Labute approximate surface area is 112 Å². The summed E-state index contributed by atoms with van der Waals surface area (Å²) >= 11 is 5.86. The maximum Gasteiger partial charge on any atom is 0.248 e. The van der Waals surface area contributed by atoms with Gasteiger partial charge in [0.25, 0.3) is 0 Å². The molecule has 1 aliphatic rings. The quantitative estimate of drug-likeness (QED) is 0.859. The van der Waals surface area contributed by atoms with Crippen LogP contribution in [0.3, 0.4) is 0 Å². The molecule has 2 rings (SSSR count). The van der Waals surface area contributed by atoms with E-state index in [0.29, 0.717) is 17.9 Å². The molecule has 1 saturated carbocycles. The predicted octanol–water partition coefficient (Wildman–Crippen LogP) is 4.43. The van der Waals surface area contributed by atoms with Gasteiger partial charge in [-0.3, -0.25) is 0 Å². The van der Waals surface area contributed by atoms with Crippen LogP contribution in [-0.4, -0.2) is 13.0 Å². The van der Waals surface area contributed by atoms with Crippen molar-refractivity contribution in [1.29, 1.82) is 0 Å². The zero-order valence-corrected chi connectivity index (χ0v) is 11.2. The van der Waals surface area contributed by atoms with Crippen molar-refractivity contribution in [3.63, 3.8) is 0 Å². The van der Waals surface area contributed by atoms with Gasteiger partial charge in [0, 0.05) is 23.9 Å². The van der Waals surface area contributed by atoms with Crippen LogP contribution in [0, 0.1) is 5.92 Å². The van der Waals surface area contributed by atoms with E-state index in [0.717, 1.165) is 5.56 Å². The Balaban J connectivity index is 2.08. The summed E-state index contributed by atoms with van der Waals surface area (Å²) in [7, 11) is 1.88. The van der Waals surface area contributed by atoms with Crippen molar-refractivity contribution in [2.24, 2.45) is 5.92 Å². The summed E-state index contributed by atoms with van der Waals surface area (Å²) in [6.45, 7) is 0. The normalized spacial score (nSPS) is 21.8. The molecule has 1 atom stereocenters. The van der Waals surface area contributed by atoms with Gasteiger partial charge in [-0.2, -0.15) is 0 Å². The molecule has 1 aliphatic carbocycles. The molecule has 0 aliphatic heterocycles. The first-order chi connectivity index (χ1) is 8.52. The molecule has 0 saturated heterocycles. The molecule has 1 aromatic rings. The van der Waals surface area contributed by atoms with Crippen molar-refractivity contribution in [2.75, 3.05) is 7.05 Å². The van der Waals surface area contributed by atoms with Crippen LogP contribution < -0.4 is 5.32 Å². The van der Waals surface area contributed by atoms with Crippen LogP contribution in [0.2, 0.25) is 5.02 Å². The largest absolute Gasteiger partial charge is 0.313 e. The summed E-state index contributed by atoms with van der Waals surface area (Å²) in [5, 5.41) is 3.94. The Hall–Kier alpha value is -0.670. The Bertz CT molecular complexity index is 381. The fraction of sp³-hybridized carbons (Fsp3) is 0.571. The molecular weight excluding hydrogens is 256 g/mol. The fourth-order valence-electron chi connectivity index (χ4n) is 2.74. The third kappa shape index (κ3) is 3.21. The van der Waals surface area contributed by atoms with E-state index < -0.39 is 5.92 Å². The van der Waals surface area contributed by atoms with E-state index in [4.69, 9.17) is 11.6 Å². The van der Waals surface area contributed by atoms with Crippen LogP contribution in [0.1, 0.15) is 37.3 Å². The molecule has 0 amide bonds. The monoisotopic (exact) mass is 273 g/mol. The van der Waals surface area contributed by atoms with Gasteiger partial charge in [-0.25, -0.2) is 8.78 Å². The second kappa shape index (κ2) is 5.54. The van der Waals surface area contributed by atoms with E-state index in [1.54, 1.807) is 0 Å². The van der Waals surface area contributed by atoms with Crippen molar-refractivity contribution in [1.82, 2.24) is 5.32 Å². The minimum Gasteiger partial charge on any atom is -0.313 e. The van der Waals surface area contributed by atoms with E-state index in [1.807, 2.05) is 31.3 Å². The van der Waals surface area contributed by atoms with Gasteiger partial charge in [0.1, 0.15) is 0 Å². The van der Waals surface area contributed by atoms with E-state index in [-0.39, 0.29) is 24.8 Å². The molecule has 18 heavy (non-hydrogen) atoms. The lowest BCUT2D eigenvalue weighted by Gasteiger charge is -2.34. The van der Waals surface area contributed by atoms with Crippen LogP contribution in [0.15, 0.2) is 24.3 Å². The number of benzene rings is 1. The van der Waals surface area contributed by atoms with Gasteiger partial charge >= 0.3 is 0 Å². The number of hydrogen-bond donors (Lipinski definition) is 1. The van der Waals surface area contributed by atoms with Gasteiger partial charge in [0.2, 0.25) is 5.92 Å². The first-order valence-electron chi connectivity index (χ1n) is 6.32. The highest BCUT2D eigenvalue weighted by molar-refractivity contribution is 6.30. The molecular formula is C14H18ClF2N. The zero-order valence-electron chi connectivity index (χ0n) is 10.4. The third-order valence-electron chi connectivity index (χ3n) is 3.77. The predicted molar refractivity (Wildman–Crippen MR) is 70.2 cm³/mol. The number of nitrogens with one attached hydrogen (secondary N) is 1. The lowest BCUT2D eigenvalue weighted by molar-refractivity contribution is -0.0495. The zero-order chi connectivity index (χ0) is 13.2. The third-order valence-corrected chi connectivity index (χ3v) is 4.03. The molecule has 1 fully saturated rings. The molecule has 0 heterocycles. The highest BCUT2D eigenvalue weighted by Gasteiger charge is 2.37. The molecule has 1 aromatic carbocycles. The fourth-order valence-corrected chi connectivity index (χ4v) is 2.87. The Morgan fingerprint density at radius 3 is 2.28 bits per heavy atom. The van der Waals surface area contributed by atoms with Crippen LogP contribution in [0.4, 0.5) is 8.78 Å². The van der Waals surface area contributed by atoms with Crippen molar-refractivity contribution in [3.8, 4) is 0 Å². The molecule has 1 nitrogen and oxygen atoms in total. The van der Waals surface area contributed by atoms with Crippen LogP contribution in [-0.2, 0) is 0 Å². The second-order valence-electron chi connectivity index (χ2n) is 5.01. The average molecular weight is 274 g/mol. The summed E-state index contributed by atoms with van der Waals surface area (Å²) in [6, 6.07) is 7.77. The lowest BCUT2D eigenvalue weighted by atomic mass is 9.79. The lowest BCUT2D eigenvalue weighted by Crippen LogP contribution is -2.32. The van der Waals surface area contributed by atoms with E-state index in [1.165, 1.54) is 0 Å². The summed E-state index contributed by atoms with van der Waals surface area (Å²) in [6.07, 6.45) is 1.15. The molecule has 0 aromatic heterocycles. The van der Waals surface area contributed by atoms with Gasteiger partial charge in [0.15, 0.2) is 0 Å². The smallest absolute Gasteiger partial charge is 0.248 e. The van der Waals surface area contributed by atoms with Gasteiger partial charge in [-0.1, -0.05) is 23.7 Å². The SMILES string of the molecule is CNC(c1ccc(Cl)cc1)C1CCC(F)(F)CC1. The number of hydrogen-bond acceptors (Lipinski definition) is 1. The summed E-state index contributed by atoms with van der Waals surface area (Å²) < 4.78 is 26.3. The van der Waals surface area contributed by atoms with Gasteiger partial charge in [-0.05, 0) is 43.5 Å². The second-order valence-corrected chi connectivity index (χ2v) is 5.45. The Kier molecular flexibility index (Phi) is 4.23. The van der Waals surface area contributed by atoms with Gasteiger partial charge < -0.3 is 5.32 Å². The molecule has 4 heteroatoms. The van der Waals surface area contributed by atoms with E-state index in [2.05, 4.69) is 5.32 Å². The molecule has 0 radical (unpaired) electrons. The number of halogens is 3. The first-order valence-corrected chi connectivity index (χ1v) is 6.70.